The molecule has 0 aliphatic carbocycles. The van der Waals surface area contributed by atoms with E-state index in [1.807, 2.05) is 30.1 Å². The summed E-state index contributed by atoms with van der Waals surface area (Å²) in [6, 6.07) is 5.86. The van der Waals surface area contributed by atoms with E-state index in [1.54, 1.807) is 6.20 Å². The number of pyridine rings is 1. The summed E-state index contributed by atoms with van der Waals surface area (Å²) in [6.45, 7) is 1.26. The molecular weight excluding hydrogens is 178 g/mol. The number of hydrogen-bond donors (Lipinski definition) is 2. The van der Waals surface area contributed by atoms with Gasteiger partial charge in [0.1, 0.15) is 0 Å². The van der Waals surface area contributed by atoms with Crippen molar-refractivity contribution in [2.45, 2.75) is 6.04 Å². The maximum atomic E-state index is 8.83. The Morgan fingerprint density at radius 3 is 2.86 bits per heavy atom. The van der Waals surface area contributed by atoms with E-state index < -0.39 is 0 Å². The molecule has 0 spiro atoms. The van der Waals surface area contributed by atoms with Crippen molar-refractivity contribution in [3.05, 3.63) is 30.1 Å². The zero-order valence-corrected chi connectivity index (χ0v) is 8.43. The molecule has 0 amide bonds. The number of hydrogen-bond acceptors (Lipinski definition) is 4. The fraction of sp³-hybridized carbons (Fsp3) is 0.500. The van der Waals surface area contributed by atoms with Crippen LogP contribution in [0, 0.1) is 0 Å². The SMILES string of the molecule is CN(CCO)C(CN)c1ccccn1. The molecule has 1 rings (SSSR count). The summed E-state index contributed by atoms with van der Waals surface area (Å²) >= 11 is 0. The molecule has 1 unspecified atom stereocenters. The third-order valence-electron chi connectivity index (χ3n) is 2.24. The van der Waals surface area contributed by atoms with Crippen LogP contribution in [0.15, 0.2) is 24.4 Å². The van der Waals surface area contributed by atoms with Crippen LogP contribution in [0.5, 0.6) is 0 Å². The van der Waals surface area contributed by atoms with Gasteiger partial charge in [0.25, 0.3) is 0 Å². The molecule has 0 fully saturated rings. The molecule has 14 heavy (non-hydrogen) atoms. The van der Waals surface area contributed by atoms with Crippen LogP contribution >= 0.6 is 0 Å². The maximum Gasteiger partial charge on any atom is 0.0642 e. The highest BCUT2D eigenvalue weighted by Gasteiger charge is 2.15. The Labute approximate surface area is 84.4 Å². The first-order valence-corrected chi connectivity index (χ1v) is 4.71. The van der Waals surface area contributed by atoms with Gasteiger partial charge in [0.2, 0.25) is 0 Å². The lowest BCUT2D eigenvalue weighted by Crippen LogP contribution is -2.33. The summed E-state index contributed by atoms with van der Waals surface area (Å²) in [5, 5.41) is 8.83. The normalized spacial score (nSPS) is 13.1. The van der Waals surface area contributed by atoms with Crippen LogP contribution in [0.4, 0.5) is 0 Å². The summed E-state index contributed by atoms with van der Waals surface area (Å²) in [6.07, 6.45) is 1.75. The van der Waals surface area contributed by atoms with E-state index >= 15 is 0 Å². The lowest BCUT2D eigenvalue weighted by molar-refractivity contribution is 0.181. The van der Waals surface area contributed by atoms with Crippen LogP contribution in [0.2, 0.25) is 0 Å². The van der Waals surface area contributed by atoms with Crippen molar-refractivity contribution < 1.29 is 5.11 Å². The van der Waals surface area contributed by atoms with Gasteiger partial charge < -0.3 is 10.8 Å². The zero-order chi connectivity index (χ0) is 10.4. The Morgan fingerprint density at radius 1 is 1.57 bits per heavy atom. The topological polar surface area (TPSA) is 62.4 Å². The molecule has 4 heteroatoms. The Kier molecular flexibility index (Phi) is 4.52. The van der Waals surface area contributed by atoms with E-state index in [0.717, 1.165) is 5.69 Å². The van der Waals surface area contributed by atoms with Gasteiger partial charge in [-0.05, 0) is 19.2 Å². The molecule has 1 heterocycles. The average molecular weight is 195 g/mol. The molecule has 0 saturated carbocycles. The molecule has 1 aromatic rings. The van der Waals surface area contributed by atoms with Gasteiger partial charge in [-0.1, -0.05) is 6.07 Å². The molecule has 4 nitrogen and oxygen atoms in total. The highest BCUT2D eigenvalue weighted by atomic mass is 16.3. The van der Waals surface area contributed by atoms with E-state index in [9.17, 15) is 0 Å². The third kappa shape index (κ3) is 2.77. The molecule has 0 bridgehead atoms. The van der Waals surface area contributed by atoms with Crippen molar-refractivity contribution in [1.82, 2.24) is 9.88 Å². The minimum atomic E-state index is 0.0864. The van der Waals surface area contributed by atoms with Crippen molar-refractivity contribution in [1.29, 1.82) is 0 Å². The highest BCUT2D eigenvalue weighted by Crippen LogP contribution is 2.14. The molecule has 0 aromatic carbocycles. The second-order valence-electron chi connectivity index (χ2n) is 3.21. The zero-order valence-electron chi connectivity index (χ0n) is 8.43. The van der Waals surface area contributed by atoms with Crippen molar-refractivity contribution in [3.63, 3.8) is 0 Å². The number of aliphatic hydroxyl groups excluding tert-OH is 1. The highest BCUT2D eigenvalue weighted by molar-refractivity contribution is 5.09. The van der Waals surface area contributed by atoms with Crippen LogP contribution in [0.3, 0.4) is 0 Å². The lowest BCUT2D eigenvalue weighted by atomic mass is 10.1. The lowest BCUT2D eigenvalue weighted by Gasteiger charge is -2.25. The molecular formula is C10H17N3O. The number of nitrogens with two attached hydrogens (primary N) is 1. The van der Waals surface area contributed by atoms with Crippen LogP contribution in [0.1, 0.15) is 11.7 Å². The first-order chi connectivity index (χ1) is 6.79. The average Bonchev–Trinajstić information content (AvgIpc) is 2.21. The van der Waals surface area contributed by atoms with Crippen LogP contribution in [-0.2, 0) is 0 Å². The standard InChI is InChI=1S/C10H17N3O/c1-13(6-7-14)10(8-11)9-4-2-3-5-12-9/h2-5,10,14H,6-8,11H2,1H3. The Hall–Kier alpha value is -0.970. The van der Waals surface area contributed by atoms with Gasteiger partial charge in [0.05, 0.1) is 18.3 Å². The predicted molar refractivity (Wildman–Crippen MR) is 55.7 cm³/mol. The van der Waals surface area contributed by atoms with Crippen molar-refractivity contribution in [3.8, 4) is 0 Å². The number of rotatable bonds is 5. The molecule has 0 saturated heterocycles. The number of aromatic nitrogens is 1. The quantitative estimate of drug-likeness (QED) is 0.694. The second-order valence-corrected chi connectivity index (χ2v) is 3.21. The molecule has 78 valence electrons. The summed E-state index contributed by atoms with van der Waals surface area (Å²) in [7, 11) is 1.93. The van der Waals surface area contributed by atoms with Gasteiger partial charge in [-0.25, -0.2) is 0 Å². The Morgan fingerprint density at radius 2 is 2.36 bits per heavy atom. The second kappa shape index (κ2) is 5.70. The number of aliphatic hydroxyl groups is 1. The van der Waals surface area contributed by atoms with E-state index in [-0.39, 0.29) is 12.6 Å². The molecule has 1 aromatic heterocycles. The van der Waals surface area contributed by atoms with E-state index in [0.29, 0.717) is 13.1 Å². The van der Waals surface area contributed by atoms with Gasteiger partial charge in [0.15, 0.2) is 0 Å². The van der Waals surface area contributed by atoms with E-state index in [4.69, 9.17) is 10.8 Å². The van der Waals surface area contributed by atoms with Gasteiger partial charge in [-0.3, -0.25) is 9.88 Å². The first kappa shape index (κ1) is 11.1. The monoisotopic (exact) mass is 195 g/mol. The fourth-order valence-corrected chi connectivity index (χ4v) is 1.41. The molecule has 0 radical (unpaired) electrons. The largest absolute Gasteiger partial charge is 0.395 e. The smallest absolute Gasteiger partial charge is 0.0642 e. The van der Waals surface area contributed by atoms with Gasteiger partial charge in [0, 0.05) is 19.3 Å². The van der Waals surface area contributed by atoms with Gasteiger partial charge in [-0.2, -0.15) is 0 Å². The Bertz CT molecular complexity index is 253. The van der Waals surface area contributed by atoms with Crippen LogP contribution in [0.25, 0.3) is 0 Å². The molecule has 1 atom stereocenters. The summed E-state index contributed by atoms with van der Waals surface area (Å²) in [5.41, 5.74) is 6.62. The van der Waals surface area contributed by atoms with Crippen LogP contribution in [-0.4, -0.2) is 41.7 Å². The first-order valence-electron chi connectivity index (χ1n) is 4.71. The van der Waals surface area contributed by atoms with E-state index in [2.05, 4.69) is 4.98 Å². The maximum absolute atomic E-state index is 8.83. The van der Waals surface area contributed by atoms with Crippen molar-refractivity contribution >= 4 is 0 Å². The van der Waals surface area contributed by atoms with E-state index in [1.165, 1.54) is 0 Å². The fourth-order valence-electron chi connectivity index (χ4n) is 1.41. The van der Waals surface area contributed by atoms with Gasteiger partial charge in [-0.15, -0.1) is 0 Å². The predicted octanol–water partition coefficient (Wildman–Crippen LogP) is 0.00550. The number of nitrogens with zero attached hydrogens (tertiary/aromatic N) is 2. The third-order valence-corrected chi connectivity index (χ3v) is 2.24. The van der Waals surface area contributed by atoms with Crippen LogP contribution < -0.4 is 5.73 Å². The molecule has 3 N–H and O–H groups in total. The summed E-state index contributed by atoms with van der Waals surface area (Å²) in [5.74, 6) is 0. The molecule has 0 aliphatic rings. The summed E-state index contributed by atoms with van der Waals surface area (Å²) < 4.78 is 0. The Balaban J connectivity index is 2.71. The van der Waals surface area contributed by atoms with Gasteiger partial charge >= 0.3 is 0 Å². The molecule has 0 aliphatic heterocycles. The minimum absolute atomic E-state index is 0.0864. The summed E-state index contributed by atoms with van der Waals surface area (Å²) in [4.78, 5) is 6.25. The number of likely N-dealkylation sites (N-methyl/N-ethyl adjacent to an activating group) is 1. The van der Waals surface area contributed by atoms with Crippen molar-refractivity contribution in [2.75, 3.05) is 26.7 Å². The van der Waals surface area contributed by atoms with Crippen molar-refractivity contribution in [2.24, 2.45) is 5.73 Å². The minimum Gasteiger partial charge on any atom is -0.395 e.